The van der Waals surface area contributed by atoms with Crippen LogP contribution in [-0.2, 0) is 0 Å². The first-order valence-electron chi connectivity index (χ1n) is 8.30. The molecule has 1 aliphatic carbocycles. The third-order valence-electron chi connectivity index (χ3n) is 4.80. The molecule has 2 heteroatoms. The molecule has 0 atom stereocenters. The highest BCUT2D eigenvalue weighted by Gasteiger charge is 2.22. The molecule has 1 aromatic rings. The fourth-order valence-electron chi connectivity index (χ4n) is 3.47. The predicted octanol–water partition coefficient (Wildman–Crippen LogP) is 6.62. The van der Waals surface area contributed by atoms with Crippen LogP contribution < -0.4 is 0 Å². The minimum Gasteiger partial charge on any atom is -0.216 e. The van der Waals surface area contributed by atoms with Gasteiger partial charge in [-0.05, 0) is 55.2 Å². The average Bonchev–Trinajstić information content (AvgIpc) is 2.50. The van der Waals surface area contributed by atoms with E-state index in [0.717, 1.165) is 24.3 Å². The molecule has 1 saturated carbocycles. The van der Waals surface area contributed by atoms with Crippen molar-refractivity contribution in [2.24, 2.45) is 5.92 Å². The highest BCUT2D eigenvalue weighted by Crippen LogP contribution is 2.38. The summed E-state index contributed by atoms with van der Waals surface area (Å²) in [6.07, 6.45) is 11.7. The Kier molecular flexibility index (Phi) is 6.41. The van der Waals surface area contributed by atoms with Gasteiger partial charge in [0.15, 0.2) is 0 Å². The van der Waals surface area contributed by atoms with Crippen molar-refractivity contribution in [3.8, 4) is 0 Å². The molecule has 0 heterocycles. The molecular formula is C19H26F2. The molecule has 0 N–H and O–H groups in total. The Labute approximate surface area is 127 Å². The maximum absolute atomic E-state index is 13.9. The van der Waals surface area contributed by atoms with Gasteiger partial charge in [0, 0.05) is 5.56 Å². The molecule has 0 amide bonds. The number of benzene rings is 1. The largest absolute Gasteiger partial charge is 0.216 e. The van der Waals surface area contributed by atoms with Crippen molar-refractivity contribution < 1.29 is 8.78 Å². The van der Waals surface area contributed by atoms with Gasteiger partial charge in [0.1, 0.15) is 5.82 Å². The topological polar surface area (TPSA) is 0 Å². The van der Waals surface area contributed by atoms with Crippen LogP contribution in [0.5, 0.6) is 0 Å². The van der Waals surface area contributed by atoms with Gasteiger partial charge in [0.2, 0.25) is 0 Å². The van der Waals surface area contributed by atoms with Crippen LogP contribution in [0.4, 0.5) is 8.78 Å². The maximum atomic E-state index is 13.9. The Bertz CT molecular complexity index is 457. The Morgan fingerprint density at radius 2 is 1.90 bits per heavy atom. The lowest BCUT2D eigenvalue weighted by molar-refractivity contribution is 0.302. The molecule has 116 valence electrons. The predicted molar refractivity (Wildman–Crippen MR) is 85.4 cm³/mol. The third-order valence-corrected chi connectivity index (χ3v) is 4.80. The van der Waals surface area contributed by atoms with Crippen LogP contribution in [-0.4, -0.2) is 0 Å². The summed E-state index contributed by atoms with van der Waals surface area (Å²) in [6, 6.07) is 5.24. The summed E-state index contributed by atoms with van der Waals surface area (Å²) in [5.74, 6) is 1.03. The van der Waals surface area contributed by atoms with E-state index in [0.29, 0.717) is 17.8 Å². The zero-order chi connectivity index (χ0) is 15.1. The van der Waals surface area contributed by atoms with Crippen molar-refractivity contribution in [1.82, 2.24) is 0 Å². The van der Waals surface area contributed by atoms with Gasteiger partial charge in [-0.2, -0.15) is 0 Å². The fourth-order valence-corrected chi connectivity index (χ4v) is 3.47. The van der Waals surface area contributed by atoms with Gasteiger partial charge in [-0.25, -0.2) is 8.78 Å². The SMILES string of the molecule is CCCCCC1CCC(c2ccc(/C=C/F)c(F)c2)CC1. The Hall–Kier alpha value is -1.18. The zero-order valence-corrected chi connectivity index (χ0v) is 13.0. The molecule has 0 saturated heterocycles. The molecule has 0 nitrogen and oxygen atoms in total. The van der Waals surface area contributed by atoms with Gasteiger partial charge < -0.3 is 0 Å². The van der Waals surface area contributed by atoms with E-state index in [2.05, 4.69) is 6.92 Å². The molecule has 0 radical (unpaired) electrons. The van der Waals surface area contributed by atoms with E-state index in [1.165, 1.54) is 44.6 Å². The molecule has 21 heavy (non-hydrogen) atoms. The van der Waals surface area contributed by atoms with E-state index in [1.807, 2.05) is 6.07 Å². The van der Waals surface area contributed by atoms with Crippen molar-refractivity contribution in [2.75, 3.05) is 0 Å². The molecule has 0 unspecified atom stereocenters. The molecular weight excluding hydrogens is 266 g/mol. The minimum absolute atomic E-state index is 0.313. The van der Waals surface area contributed by atoms with Gasteiger partial charge in [-0.1, -0.05) is 44.7 Å². The normalized spacial score (nSPS) is 22.8. The second-order valence-corrected chi connectivity index (χ2v) is 6.29. The van der Waals surface area contributed by atoms with Gasteiger partial charge >= 0.3 is 0 Å². The van der Waals surface area contributed by atoms with E-state index in [-0.39, 0.29) is 5.82 Å². The highest BCUT2D eigenvalue weighted by atomic mass is 19.1. The van der Waals surface area contributed by atoms with Gasteiger partial charge in [0.05, 0.1) is 6.33 Å². The van der Waals surface area contributed by atoms with Crippen LogP contribution >= 0.6 is 0 Å². The number of hydrogen-bond donors (Lipinski definition) is 0. The number of unbranched alkanes of at least 4 members (excludes halogenated alkanes) is 2. The van der Waals surface area contributed by atoms with E-state index in [9.17, 15) is 8.78 Å². The number of hydrogen-bond acceptors (Lipinski definition) is 0. The van der Waals surface area contributed by atoms with Crippen LogP contribution in [0.3, 0.4) is 0 Å². The monoisotopic (exact) mass is 292 g/mol. The van der Waals surface area contributed by atoms with Crippen molar-refractivity contribution in [3.63, 3.8) is 0 Å². The lowest BCUT2D eigenvalue weighted by Gasteiger charge is -2.29. The van der Waals surface area contributed by atoms with Crippen molar-refractivity contribution in [1.29, 1.82) is 0 Å². The molecule has 0 spiro atoms. The van der Waals surface area contributed by atoms with E-state index in [4.69, 9.17) is 0 Å². The first-order chi connectivity index (χ1) is 10.2. The second kappa shape index (κ2) is 8.31. The Morgan fingerprint density at radius 1 is 1.14 bits per heavy atom. The van der Waals surface area contributed by atoms with Crippen molar-refractivity contribution in [2.45, 2.75) is 64.2 Å². The summed E-state index contributed by atoms with van der Waals surface area (Å²) in [7, 11) is 0. The average molecular weight is 292 g/mol. The minimum atomic E-state index is -0.313. The zero-order valence-electron chi connectivity index (χ0n) is 13.0. The summed E-state index contributed by atoms with van der Waals surface area (Å²) in [6.45, 7) is 2.24. The van der Waals surface area contributed by atoms with E-state index in [1.54, 1.807) is 12.1 Å². The smallest absolute Gasteiger partial charge is 0.130 e. The lowest BCUT2D eigenvalue weighted by atomic mass is 9.77. The number of halogens is 2. The molecule has 1 aromatic carbocycles. The van der Waals surface area contributed by atoms with Crippen LogP contribution in [0, 0.1) is 11.7 Å². The first kappa shape index (κ1) is 16.2. The van der Waals surface area contributed by atoms with Gasteiger partial charge in [-0.15, -0.1) is 0 Å². The van der Waals surface area contributed by atoms with Crippen LogP contribution in [0.15, 0.2) is 24.5 Å². The molecule has 0 aliphatic heterocycles. The molecule has 1 aliphatic rings. The van der Waals surface area contributed by atoms with Crippen LogP contribution in [0.2, 0.25) is 0 Å². The van der Waals surface area contributed by atoms with Crippen molar-refractivity contribution in [3.05, 3.63) is 41.5 Å². The summed E-state index contributed by atoms with van der Waals surface area (Å²) in [5.41, 5.74) is 1.41. The summed E-state index contributed by atoms with van der Waals surface area (Å²) < 4.78 is 26.0. The van der Waals surface area contributed by atoms with E-state index < -0.39 is 0 Å². The number of rotatable bonds is 6. The fraction of sp³-hybridized carbons (Fsp3) is 0.579. The van der Waals surface area contributed by atoms with E-state index >= 15 is 0 Å². The first-order valence-corrected chi connectivity index (χ1v) is 8.30. The standard InChI is InChI=1S/C19H26F2/c1-2-3-4-5-15-6-8-16(9-7-15)18-11-10-17(12-13-20)19(21)14-18/h10-16H,2-9H2,1H3/b13-12+. The van der Waals surface area contributed by atoms with Gasteiger partial charge in [-0.3, -0.25) is 0 Å². The summed E-state index contributed by atoms with van der Waals surface area (Å²) >= 11 is 0. The molecule has 2 rings (SSSR count). The van der Waals surface area contributed by atoms with Crippen molar-refractivity contribution >= 4 is 6.08 Å². The van der Waals surface area contributed by atoms with Crippen LogP contribution in [0.1, 0.15) is 75.3 Å². The quantitative estimate of drug-likeness (QED) is 0.517. The molecule has 0 aromatic heterocycles. The third kappa shape index (κ3) is 4.66. The molecule has 1 fully saturated rings. The van der Waals surface area contributed by atoms with Gasteiger partial charge in [0.25, 0.3) is 0 Å². The maximum Gasteiger partial charge on any atom is 0.130 e. The van der Waals surface area contributed by atoms with Crippen LogP contribution in [0.25, 0.3) is 6.08 Å². The molecule has 0 bridgehead atoms. The summed E-state index contributed by atoms with van der Waals surface area (Å²) in [4.78, 5) is 0. The summed E-state index contributed by atoms with van der Waals surface area (Å²) in [5, 5.41) is 0. The lowest BCUT2D eigenvalue weighted by Crippen LogP contribution is -2.13. The highest BCUT2D eigenvalue weighted by molar-refractivity contribution is 5.49. The Morgan fingerprint density at radius 3 is 2.52 bits per heavy atom. The second-order valence-electron chi connectivity index (χ2n) is 6.29. The Balaban J connectivity index is 1.88.